The van der Waals surface area contributed by atoms with Crippen LogP contribution < -0.4 is 4.90 Å². The lowest BCUT2D eigenvalue weighted by atomic mass is 10.1. The summed E-state index contributed by atoms with van der Waals surface area (Å²) in [5.41, 5.74) is 0.582. The molecule has 0 unspecified atom stereocenters. The van der Waals surface area contributed by atoms with Crippen LogP contribution in [0.2, 0.25) is 0 Å². The van der Waals surface area contributed by atoms with E-state index in [0.29, 0.717) is 25.1 Å². The minimum Gasteiger partial charge on any atom is -0.396 e. The number of unbranched alkanes of at least 4 members (excludes halogenated alkanes) is 1. The summed E-state index contributed by atoms with van der Waals surface area (Å²) in [7, 11) is 0. The topological polar surface area (TPSA) is 57.6 Å². The maximum absolute atomic E-state index is 13.1. The van der Waals surface area contributed by atoms with Crippen molar-refractivity contribution in [1.82, 2.24) is 0 Å². The van der Waals surface area contributed by atoms with Crippen molar-refractivity contribution in [2.75, 3.05) is 18.1 Å². The fourth-order valence-corrected chi connectivity index (χ4v) is 1.87. The average molecular weight is 237 g/mol. The lowest BCUT2D eigenvalue weighted by molar-refractivity contribution is -0.114. The first-order chi connectivity index (χ1) is 8.15. The molecule has 1 aliphatic rings. The molecule has 0 aromatic heterocycles. The third kappa shape index (κ3) is 2.06. The molecule has 1 N–H and O–H groups in total. The highest BCUT2D eigenvalue weighted by Crippen LogP contribution is 2.29. The van der Waals surface area contributed by atoms with Gasteiger partial charge in [-0.05, 0) is 31.0 Å². The van der Waals surface area contributed by atoms with E-state index in [2.05, 4.69) is 0 Å². The number of anilines is 1. The molecule has 1 aromatic rings. The average Bonchev–Trinajstić information content (AvgIpc) is 2.54. The van der Waals surface area contributed by atoms with E-state index in [1.807, 2.05) is 0 Å². The number of Topliss-reactive ketones (excluding diaryl/α,β-unsaturated/α-hetero) is 1. The van der Waals surface area contributed by atoms with Crippen LogP contribution in [0.3, 0.4) is 0 Å². The van der Waals surface area contributed by atoms with Gasteiger partial charge in [-0.15, -0.1) is 0 Å². The summed E-state index contributed by atoms with van der Waals surface area (Å²) in [5, 5.41) is 8.67. The van der Waals surface area contributed by atoms with Gasteiger partial charge in [-0.2, -0.15) is 0 Å². The third-order valence-corrected chi connectivity index (χ3v) is 2.72. The SMILES string of the molecule is O=C1C(=O)N(CCCCO)c2cc(F)ccc21. The Morgan fingerprint density at radius 2 is 2.00 bits per heavy atom. The lowest BCUT2D eigenvalue weighted by Crippen LogP contribution is -2.30. The second kappa shape index (κ2) is 4.63. The Balaban J connectivity index is 2.26. The summed E-state index contributed by atoms with van der Waals surface area (Å²) < 4.78 is 13.1. The second-order valence-electron chi connectivity index (χ2n) is 3.88. The van der Waals surface area contributed by atoms with Gasteiger partial charge in [-0.25, -0.2) is 4.39 Å². The zero-order chi connectivity index (χ0) is 12.4. The van der Waals surface area contributed by atoms with Crippen molar-refractivity contribution in [3.8, 4) is 0 Å². The molecule has 17 heavy (non-hydrogen) atoms. The van der Waals surface area contributed by atoms with E-state index in [1.165, 1.54) is 23.1 Å². The number of fused-ring (bicyclic) bond motifs is 1. The van der Waals surface area contributed by atoms with E-state index in [-0.39, 0.29) is 12.2 Å². The van der Waals surface area contributed by atoms with Crippen LogP contribution in [-0.2, 0) is 4.79 Å². The largest absolute Gasteiger partial charge is 0.396 e. The highest BCUT2D eigenvalue weighted by Gasteiger charge is 2.35. The van der Waals surface area contributed by atoms with E-state index < -0.39 is 17.5 Å². The molecule has 5 heteroatoms. The molecule has 90 valence electrons. The van der Waals surface area contributed by atoms with Crippen LogP contribution >= 0.6 is 0 Å². The van der Waals surface area contributed by atoms with Crippen LogP contribution in [0.5, 0.6) is 0 Å². The Kier molecular flexibility index (Phi) is 3.19. The number of ketones is 1. The minimum absolute atomic E-state index is 0.0337. The van der Waals surface area contributed by atoms with Gasteiger partial charge in [-0.1, -0.05) is 0 Å². The Labute approximate surface area is 97.7 Å². The minimum atomic E-state index is -0.622. The summed E-state index contributed by atoms with van der Waals surface area (Å²) in [6.45, 7) is 0.355. The molecule has 0 atom stereocenters. The number of nitrogens with zero attached hydrogens (tertiary/aromatic N) is 1. The molecule has 1 aliphatic heterocycles. The van der Waals surface area contributed by atoms with Gasteiger partial charge < -0.3 is 10.0 Å². The van der Waals surface area contributed by atoms with E-state index in [9.17, 15) is 14.0 Å². The molecule has 0 spiro atoms. The third-order valence-electron chi connectivity index (χ3n) is 2.72. The molecule has 1 aromatic carbocycles. The van der Waals surface area contributed by atoms with Crippen LogP contribution in [0, 0.1) is 5.82 Å². The quantitative estimate of drug-likeness (QED) is 0.630. The first kappa shape index (κ1) is 11.7. The second-order valence-corrected chi connectivity index (χ2v) is 3.88. The van der Waals surface area contributed by atoms with Gasteiger partial charge in [0.15, 0.2) is 0 Å². The zero-order valence-electron chi connectivity index (χ0n) is 9.15. The number of hydrogen-bond donors (Lipinski definition) is 1. The van der Waals surface area contributed by atoms with Crippen molar-refractivity contribution < 1.29 is 19.1 Å². The zero-order valence-corrected chi connectivity index (χ0v) is 9.15. The summed E-state index contributed by atoms with van der Waals surface area (Å²) in [5.74, 6) is -1.69. The predicted molar refractivity (Wildman–Crippen MR) is 59.4 cm³/mol. The van der Waals surface area contributed by atoms with E-state index in [1.54, 1.807) is 0 Å². The molecule has 1 amide bonds. The van der Waals surface area contributed by atoms with Crippen LogP contribution in [0.1, 0.15) is 23.2 Å². The van der Waals surface area contributed by atoms with Crippen molar-refractivity contribution in [2.45, 2.75) is 12.8 Å². The van der Waals surface area contributed by atoms with E-state index >= 15 is 0 Å². The first-order valence-corrected chi connectivity index (χ1v) is 5.41. The molecule has 1 heterocycles. The van der Waals surface area contributed by atoms with Gasteiger partial charge in [-0.3, -0.25) is 9.59 Å². The van der Waals surface area contributed by atoms with Crippen LogP contribution in [0.4, 0.5) is 10.1 Å². The number of aliphatic hydroxyl groups is 1. The Bertz CT molecular complexity index is 473. The van der Waals surface area contributed by atoms with Crippen molar-refractivity contribution in [3.63, 3.8) is 0 Å². The summed E-state index contributed by atoms with van der Waals surface area (Å²) in [6, 6.07) is 3.69. The molecule has 0 bridgehead atoms. The van der Waals surface area contributed by atoms with Gasteiger partial charge in [0.05, 0.1) is 11.3 Å². The van der Waals surface area contributed by atoms with Gasteiger partial charge in [0.1, 0.15) is 5.82 Å². The standard InChI is InChI=1S/C12H12FNO3/c13-8-3-4-9-10(7-8)14(5-1-2-6-15)12(17)11(9)16/h3-4,7,15H,1-2,5-6H2. The van der Waals surface area contributed by atoms with Gasteiger partial charge in [0, 0.05) is 13.2 Å². The highest BCUT2D eigenvalue weighted by atomic mass is 19.1. The van der Waals surface area contributed by atoms with E-state index in [0.717, 1.165) is 0 Å². The smallest absolute Gasteiger partial charge is 0.299 e. The number of hydrogen-bond acceptors (Lipinski definition) is 3. The number of benzene rings is 1. The van der Waals surface area contributed by atoms with Gasteiger partial charge in [0.25, 0.3) is 11.7 Å². The maximum atomic E-state index is 13.1. The number of amides is 1. The Morgan fingerprint density at radius 1 is 1.24 bits per heavy atom. The fourth-order valence-electron chi connectivity index (χ4n) is 1.87. The van der Waals surface area contributed by atoms with Crippen LogP contribution in [0.15, 0.2) is 18.2 Å². The monoisotopic (exact) mass is 237 g/mol. The number of carbonyl (C=O) groups excluding carboxylic acids is 2. The molecule has 0 aliphatic carbocycles. The Hall–Kier alpha value is -1.75. The normalized spacial score (nSPS) is 14.4. The predicted octanol–water partition coefficient (Wildman–Crippen LogP) is 1.13. The molecule has 0 saturated carbocycles. The first-order valence-electron chi connectivity index (χ1n) is 5.41. The maximum Gasteiger partial charge on any atom is 0.299 e. The molecule has 0 saturated heterocycles. The lowest BCUT2D eigenvalue weighted by Gasteiger charge is -2.15. The van der Waals surface area contributed by atoms with Crippen molar-refractivity contribution in [1.29, 1.82) is 0 Å². The van der Waals surface area contributed by atoms with Crippen molar-refractivity contribution in [2.24, 2.45) is 0 Å². The van der Waals surface area contributed by atoms with E-state index in [4.69, 9.17) is 5.11 Å². The van der Waals surface area contributed by atoms with Crippen LogP contribution in [0.25, 0.3) is 0 Å². The number of rotatable bonds is 4. The molecular formula is C12H12FNO3. The molecular weight excluding hydrogens is 225 g/mol. The Morgan fingerprint density at radius 3 is 2.71 bits per heavy atom. The van der Waals surface area contributed by atoms with Gasteiger partial charge >= 0.3 is 0 Å². The molecule has 2 rings (SSSR count). The van der Waals surface area contributed by atoms with Crippen LogP contribution in [-0.4, -0.2) is 29.9 Å². The highest BCUT2D eigenvalue weighted by molar-refractivity contribution is 6.52. The summed E-state index contributed by atoms with van der Waals surface area (Å²) >= 11 is 0. The number of carbonyl (C=O) groups is 2. The molecule has 0 radical (unpaired) electrons. The summed E-state index contributed by atoms with van der Waals surface area (Å²) in [4.78, 5) is 24.5. The molecule has 4 nitrogen and oxygen atoms in total. The van der Waals surface area contributed by atoms with Crippen molar-refractivity contribution >= 4 is 17.4 Å². The number of halogens is 1. The number of aliphatic hydroxyl groups excluding tert-OH is 1. The molecule has 0 fully saturated rings. The fraction of sp³-hybridized carbons (Fsp3) is 0.333. The summed E-state index contributed by atoms with van der Waals surface area (Å²) in [6.07, 6.45) is 1.12. The van der Waals surface area contributed by atoms with Gasteiger partial charge in [0.2, 0.25) is 0 Å². The van der Waals surface area contributed by atoms with Crippen molar-refractivity contribution in [3.05, 3.63) is 29.6 Å².